The van der Waals surface area contributed by atoms with E-state index in [2.05, 4.69) is 11.4 Å². The maximum atomic E-state index is 13.1. The number of halogens is 1. The maximum absolute atomic E-state index is 13.1. The molecule has 0 aliphatic carbocycles. The van der Waals surface area contributed by atoms with Crippen molar-refractivity contribution in [1.82, 2.24) is 0 Å². The fraction of sp³-hybridized carbons (Fsp3) is 0.333. The highest BCUT2D eigenvalue weighted by molar-refractivity contribution is 5.67. The average molecular weight is 208 g/mol. The van der Waals surface area contributed by atoms with E-state index in [0.717, 1.165) is 18.7 Å². The lowest BCUT2D eigenvalue weighted by Crippen LogP contribution is -2.04. The number of hydrogen-bond donors (Lipinski definition) is 2. The fourth-order valence-electron chi connectivity index (χ4n) is 1.31. The van der Waals surface area contributed by atoms with Crippen LogP contribution in [0.1, 0.15) is 18.9 Å². The van der Waals surface area contributed by atoms with Crippen LogP contribution in [0.2, 0.25) is 0 Å². The molecule has 1 aromatic rings. The summed E-state index contributed by atoms with van der Waals surface area (Å²) in [6, 6.07) is 3.09. The van der Waals surface area contributed by atoms with Gasteiger partial charge >= 0.3 is 0 Å². The van der Waals surface area contributed by atoms with Crippen LogP contribution in [0, 0.1) is 12.7 Å². The molecule has 0 aliphatic heterocycles. The lowest BCUT2D eigenvalue weighted by atomic mass is 10.2. The lowest BCUT2D eigenvalue weighted by Gasteiger charge is -2.09. The molecule has 3 N–H and O–H groups in total. The number of rotatable bonds is 4. The van der Waals surface area contributed by atoms with Gasteiger partial charge in [0.05, 0.1) is 11.4 Å². The summed E-state index contributed by atoms with van der Waals surface area (Å²) in [5, 5.41) is 3.17. The van der Waals surface area contributed by atoms with E-state index in [4.69, 9.17) is 5.73 Å². The lowest BCUT2D eigenvalue weighted by molar-refractivity contribution is 0.619. The van der Waals surface area contributed by atoms with Gasteiger partial charge < -0.3 is 11.1 Å². The SMILES string of the molecule is C/C=C/CCNc1cc(C)c(F)cc1N. The van der Waals surface area contributed by atoms with E-state index in [1.807, 2.05) is 13.0 Å². The number of aryl methyl sites for hydroxylation is 1. The normalized spacial score (nSPS) is 10.9. The van der Waals surface area contributed by atoms with Crippen LogP contribution in [0.15, 0.2) is 24.3 Å². The van der Waals surface area contributed by atoms with E-state index >= 15 is 0 Å². The minimum atomic E-state index is -0.258. The van der Waals surface area contributed by atoms with E-state index < -0.39 is 0 Å². The summed E-state index contributed by atoms with van der Waals surface area (Å²) in [7, 11) is 0. The van der Waals surface area contributed by atoms with Crippen LogP contribution in [-0.2, 0) is 0 Å². The second-order valence-corrected chi connectivity index (χ2v) is 3.47. The molecule has 3 heteroatoms. The molecule has 82 valence electrons. The Morgan fingerprint density at radius 2 is 2.20 bits per heavy atom. The Morgan fingerprint density at radius 1 is 1.47 bits per heavy atom. The van der Waals surface area contributed by atoms with Gasteiger partial charge in [0.1, 0.15) is 5.82 Å². The highest BCUT2D eigenvalue weighted by Gasteiger charge is 2.03. The largest absolute Gasteiger partial charge is 0.397 e. The van der Waals surface area contributed by atoms with Gasteiger partial charge in [-0.05, 0) is 38.0 Å². The van der Waals surface area contributed by atoms with Crippen molar-refractivity contribution in [2.24, 2.45) is 0 Å². The van der Waals surface area contributed by atoms with Crippen molar-refractivity contribution in [1.29, 1.82) is 0 Å². The Morgan fingerprint density at radius 3 is 2.87 bits per heavy atom. The van der Waals surface area contributed by atoms with Gasteiger partial charge in [0.2, 0.25) is 0 Å². The zero-order valence-corrected chi connectivity index (χ0v) is 9.18. The Labute approximate surface area is 90.0 Å². The molecule has 0 aromatic heterocycles. The number of anilines is 2. The highest BCUT2D eigenvalue weighted by Crippen LogP contribution is 2.22. The quantitative estimate of drug-likeness (QED) is 0.453. The van der Waals surface area contributed by atoms with Gasteiger partial charge in [-0.3, -0.25) is 0 Å². The second-order valence-electron chi connectivity index (χ2n) is 3.47. The predicted molar refractivity (Wildman–Crippen MR) is 63.5 cm³/mol. The molecule has 0 fully saturated rings. The van der Waals surface area contributed by atoms with Crippen LogP contribution in [0.5, 0.6) is 0 Å². The number of benzene rings is 1. The molecule has 15 heavy (non-hydrogen) atoms. The van der Waals surface area contributed by atoms with Gasteiger partial charge in [0, 0.05) is 6.54 Å². The Hall–Kier alpha value is -1.51. The smallest absolute Gasteiger partial charge is 0.128 e. The number of nitrogens with one attached hydrogen (secondary N) is 1. The molecule has 0 saturated heterocycles. The van der Waals surface area contributed by atoms with Crippen LogP contribution >= 0.6 is 0 Å². The molecule has 0 radical (unpaired) electrons. The standard InChI is InChI=1S/C12H17FN2/c1-3-4-5-6-15-12-7-9(2)10(13)8-11(12)14/h3-4,7-8,15H,5-6,14H2,1-2H3/b4-3+. The van der Waals surface area contributed by atoms with Gasteiger partial charge in [0.15, 0.2) is 0 Å². The van der Waals surface area contributed by atoms with Gasteiger partial charge in [-0.1, -0.05) is 12.2 Å². The van der Waals surface area contributed by atoms with Crippen LogP contribution in [0.25, 0.3) is 0 Å². The van der Waals surface area contributed by atoms with Crippen molar-refractivity contribution in [2.75, 3.05) is 17.6 Å². The van der Waals surface area contributed by atoms with Crippen molar-refractivity contribution in [3.63, 3.8) is 0 Å². The van der Waals surface area contributed by atoms with E-state index in [0.29, 0.717) is 11.3 Å². The van der Waals surface area contributed by atoms with E-state index in [-0.39, 0.29) is 5.82 Å². The van der Waals surface area contributed by atoms with Crippen LogP contribution in [0.3, 0.4) is 0 Å². The zero-order chi connectivity index (χ0) is 11.3. The first-order valence-electron chi connectivity index (χ1n) is 5.05. The first kappa shape index (κ1) is 11.6. The first-order valence-corrected chi connectivity index (χ1v) is 5.05. The Kier molecular flexibility index (Phi) is 4.16. The summed E-state index contributed by atoms with van der Waals surface area (Å²) in [5.41, 5.74) is 7.55. The van der Waals surface area contributed by atoms with Gasteiger partial charge in [-0.2, -0.15) is 0 Å². The summed E-state index contributed by atoms with van der Waals surface area (Å²) < 4.78 is 13.1. The number of allylic oxidation sites excluding steroid dienone is 1. The summed E-state index contributed by atoms with van der Waals surface area (Å²) in [6.07, 6.45) is 5.01. The Balaban J connectivity index is 2.65. The van der Waals surface area contributed by atoms with E-state index in [9.17, 15) is 4.39 Å². The number of nitrogen functional groups attached to an aromatic ring is 1. The average Bonchev–Trinajstić information content (AvgIpc) is 2.20. The minimum absolute atomic E-state index is 0.258. The molecule has 0 heterocycles. The van der Waals surface area contributed by atoms with Crippen molar-refractivity contribution < 1.29 is 4.39 Å². The first-order chi connectivity index (χ1) is 7.15. The highest BCUT2D eigenvalue weighted by atomic mass is 19.1. The molecular formula is C12H17FN2. The monoisotopic (exact) mass is 208 g/mol. The van der Waals surface area contributed by atoms with Crippen molar-refractivity contribution in [2.45, 2.75) is 20.3 Å². The third-order valence-electron chi connectivity index (χ3n) is 2.19. The van der Waals surface area contributed by atoms with Gasteiger partial charge in [-0.25, -0.2) is 4.39 Å². The predicted octanol–water partition coefficient (Wildman–Crippen LogP) is 3.09. The summed E-state index contributed by atoms with van der Waals surface area (Å²) >= 11 is 0. The number of nitrogens with two attached hydrogens (primary N) is 1. The fourth-order valence-corrected chi connectivity index (χ4v) is 1.31. The summed E-state index contributed by atoms with van der Waals surface area (Å²) in [4.78, 5) is 0. The van der Waals surface area contributed by atoms with Crippen molar-refractivity contribution in [3.05, 3.63) is 35.7 Å². The molecule has 1 rings (SSSR count). The molecule has 1 aromatic carbocycles. The number of hydrogen-bond acceptors (Lipinski definition) is 2. The van der Waals surface area contributed by atoms with Crippen LogP contribution in [-0.4, -0.2) is 6.54 Å². The molecule has 0 aliphatic rings. The van der Waals surface area contributed by atoms with Gasteiger partial charge in [0.25, 0.3) is 0 Å². The Bertz CT molecular complexity index is 359. The maximum Gasteiger partial charge on any atom is 0.128 e. The topological polar surface area (TPSA) is 38.0 Å². The molecular weight excluding hydrogens is 191 g/mol. The third-order valence-corrected chi connectivity index (χ3v) is 2.19. The second kappa shape index (κ2) is 5.39. The zero-order valence-electron chi connectivity index (χ0n) is 9.18. The molecule has 0 atom stereocenters. The molecule has 0 spiro atoms. The molecule has 0 bridgehead atoms. The molecule has 0 amide bonds. The van der Waals surface area contributed by atoms with Crippen LogP contribution < -0.4 is 11.1 Å². The van der Waals surface area contributed by atoms with Crippen molar-refractivity contribution in [3.8, 4) is 0 Å². The molecule has 0 unspecified atom stereocenters. The molecule has 0 saturated carbocycles. The molecule has 2 nitrogen and oxygen atoms in total. The van der Waals surface area contributed by atoms with Gasteiger partial charge in [-0.15, -0.1) is 0 Å². The third kappa shape index (κ3) is 3.27. The summed E-state index contributed by atoms with van der Waals surface area (Å²) in [6.45, 7) is 4.52. The van der Waals surface area contributed by atoms with Crippen molar-refractivity contribution >= 4 is 11.4 Å². The van der Waals surface area contributed by atoms with E-state index in [1.54, 1.807) is 13.0 Å². The summed E-state index contributed by atoms with van der Waals surface area (Å²) in [5.74, 6) is -0.258. The minimum Gasteiger partial charge on any atom is -0.397 e. The van der Waals surface area contributed by atoms with E-state index in [1.165, 1.54) is 6.07 Å². The van der Waals surface area contributed by atoms with Crippen LogP contribution in [0.4, 0.5) is 15.8 Å².